The van der Waals surface area contributed by atoms with Crippen LogP contribution in [-0.4, -0.2) is 39.8 Å². The van der Waals surface area contributed by atoms with Crippen molar-refractivity contribution < 1.29 is 0 Å². The first-order chi connectivity index (χ1) is 12.0. The summed E-state index contributed by atoms with van der Waals surface area (Å²) in [6.45, 7) is 2.53. The lowest BCUT2D eigenvalue weighted by atomic mass is 9.73. The first kappa shape index (κ1) is 18.2. The van der Waals surface area contributed by atoms with Gasteiger partial charge in [0.05, 0.1) is 12.6 Å². The fraction of sp³-hybridized carbons (Fsp3) is 0.500. The highest BCUT2D eigenvalue weighted by molar-refractivity contribution is 6.35. The summed E-state index contributed by atoms with van der Waals surface area (Å²) in [5, 5.41) is 15.5. The second-order valence-electron chi connectivity index (χ2n) is 6.89. The molecule has 7 heteroatoms. The van der Waals surface area contributed by atoms with E-state index < -0.39 is 5.41 Å². The first-order valence-corrected chi connectivity index (χ1v) is 9.16. The van der Waals surface area contributed by atoms with Gasteiger partial charge < -0.3 is 4.90 Å². The van der Waals surface area contributed by atoms with Gasteiger partial charge in [0.15, 0.2) is 0 Å². The lowest BCUT2D eigenvalue weighted by Crippen LogP contribution is -2.39. The first-order valence-electron chi connectivity index (χ1n) is 8.40. The fourth-order valence-electron chi connectivity index (χ4n) is 3.80. The second kappa shape index (κ2) is 7.74. The molecule has 1 fully saturated rings. The van der Waals surface area contributed by atoms with Gasteiger partial charge in [0, 0.05) is 16.6 Å². The molecule has 3 rings (SSSR count). The molecule has 2 atom stereocenters. The van der Waals surface area contributed by atoms with Crippen molar-refractivity contribution in [3.63, 3.8) is 0 Å². The maximum atomic E-state index is 10.2. The van der Waals surface area contributed by atoms with Crippen LogP contribution in [0.5, 0.6) is 0 Å². The van der Waals surface area contributed by atoms with E-state index in [4.69, 9.17) is 23.2 Å². The molecule has 1 aliphatic heterocycles. The zero-order valence-electron chi connectivity index (χ0n) is 14.2. The van der Waals surface area contributed by atoms with Crippen molar-refractivity contribution in [2.24, 2.45) is 5.92 Å². The van der Waals surface area contributed by atoms with Crippen molar-refractivity contribution in [1.29, 1.82) is 5.26 Å². The summed E-state index contributed by atoms with van der Waals surface area (Å²) in [5.41, 5.74) is 0.0443. The number of piperidine rings is 1. The molecule has 1 aliphatic rings. The summed E-state index contributed by atoms with van der Waals surface area (Å²) < 4.78 is 1.71. The van der Waals surface area contributed by atoms with E-state index in [0.29, 0.717) is 22.5 Å². The Morgan fingerprint density at radius 2 is 2.24 bits per heavy atom. The van der Waals surface area contributed by atoms with Crippen LogP contribution in [0.1, 0.15) is 24.8 Å². The van der Waals surface area contributed by atoms with Gasteiger partial charge >= 0.3 is 0 Å². The summed E-state index contributed by atoms with van der Waals surface area (Å²) >= 11 is 12.6. The molecule has 0 saturated carbocycles. The minimum Gasteiger partial charge on any atom is -0.306 e. The molecule has 0 N–H and O–H groups in total. The molecule has 1 aromatic carbocycles. The lowest BCUT2D eigenvalue weighted by molar-refractivity contribution is 0.178. The largest absolute Gasteiger partial charge is 0.306 e. The highest BCUT2D eigenvalue weighted by Crippen LogP contribution is 2.39. The van der Waals surface area contributed by atoms with E-state index in [0.717, 1.165) is 37.9 Å². The van der Waals surface area contributed by atoms with Crippen molar-refractivity contribution in [3.8, 4) is 6.07 Å². The SMILES string of the molecule is CN1CCCC(CC(C#N)(Cn2cncn2)c2ccc(Cl)cc2Cl)C1. The molecule has 0 amide bonds. The standard InChI is InChI=1S/C18H21Cl2N5/c1-24-6-2-3-14(9-24)8-18(10-21,11-25-13-22-12-23-25)16-5-4-15(19)7-17(16)20/h4-5,7,12-14H,2-3,6,8-9,11H2,1H3. The Morgan fingerprint density at radius 3 is 2.88 bits per heavy atom. The van der Waals surface area contributed by atoms with E-state index in [1.54, 1.807) is 23.1 Å². The van der Waals surface area contributed by atoms with Crippen LogP contribution in [0, 0.1) is 17.2 Å². The van der Waals surface area contributed by atoms with Crippen molar-refractivity contribution in [2.45, 2.75) is 31.2 Å². The molecule has 5 nitrogen and oxygen atoms in total. The molecule has 1 aromatic heterocycles. The van der Waals surface area contributed by atoms with E-state index in [1.165, 1.54) is 6.33 Å². The van der Waals surface area contributed by atoms with Crippen LogP contribution in [-0.2, 0) is 12.0 Å². The van der Waals surface area contributed by atoms with E-state index in [9.17, 15) is 5.26 Å². The number of hydrogen-bond acceptors (Lipinski definition) is 4. The zero-order chi connectivity index (χ0) is 17.9. The number of benzene rings is 1. The van der Waals surface area contributed by atoms with Gasteiger partial charge in [-0.2, -0.15) is 10.4 Å². The number of hydrogen-bond donors (Lipinski definition) is 0. The van der Waals surface area contributed by atoms with E-state index in [-0.39, 0.29) is 0 Å². The molecule has 1 saturated heterocycles. The number of likely N-dealkylation sites (tertiary alicyclic amines) is 1. The predicted molar refractivity (Wildman–Crippen MR) is 98.6 cm³/mol. The van der Waals surface area contributed by atoms with Crippen molar-refractivity contribution in [2.75, 3.05) is 20.1 Å². The van der Waals surface area contributed by atoms with Crippen LogP contribution in [0.25, 0.3) is 0 Å². The molecule has 0 radical (unpaired) electrons. The van der Waals surface area contributed by atoms with Gasteiger partial charge in [-0.05, 0) is 56.5 Å². The quantitative estimate of drug-likeness (QED) is 0.795. The zero-order valence-corrected chi connectivity index (χ0v) is 15.7. The Labute approximate surface area is 158 Å². The fourth-order valence-corrected chi connectivity index (χ4v) is 4.39. The molecule has 2 aromatic rings. The van der Waals surface area contributed by atoms with Crippen molar-refractivity contribution >= 4 is 23.2 Å². The Bertz CT molecular complexity index is 755. The van der Waals surface area contributed by atoms with Gasteiger partial charge in [0.25, 0.3) is 0 Å². The molecular formula is C18H21Cl2N5. The van der Waals surface area contributed by atoms with Crippen LogP contribution < -0.4 is 0 Å². The number of nitriles is 1. The smallest absolute Gasteiger partial charge is 0.137 e. The Hall–Kier alpha value is -1.61. The average molecular weight is 378 g/mol. The molecular weight excluding hydrogens is 357 g/mol. The Kier molecular flexibility index (Phi) is 5.63. The van der Waals surface area contributed by atoms with Gasteiger partial charge in [0.1, 0.15) is 18.1 Å². The summed E-state index contributed by atoms with van der Waals surface area (Å²) in [4.78, 5) is 6.34. The predicted octanol–water partition coefficient (Wildman–Crippen LogP) is 3.78. The molecule has 0 bridgehead atoms. The topological polar surface area (TPSA) is 57.7 Å². The molecule has 0 aliphatic carbocycles. The second-order valence-corrected chi connectivity index (χ2v) is 7.73. The van der Waals surface area contributed by atoms with Gasteiger partial charge in [-0.1, -0.05) is 29.3 Å². The molecule has 0 spiro atoms. The van der Waals surface area contributed by atoms with E-state index in [2.05, 4.69) is 28.1 Å². The maximum absolute atomic E-state index is 10.2. The van der Waals surface area contributed by atoms with Crippen LogP contribution in [0.15, 0.2) is 30.9 Å². The van der Waals surface area contributed by atoms with Crippen molar-refractivity contribution in [3.05, 3.63) is 46.5 Å². The number of halogens is 2. The Morgan fingerprint density at radius 1 is 1.40 bits per heavy atom. The summed E-state index contributed by atoms with van der Waals surface area (Å²) in [6, 6.07) is 7.93. The molecule has 25 heavy (non-hydrogen) atoms. The van der Waals surface area contributed by atoms with Crippen LogP contribution in [0.2, 0.25) is 10.0 Å². The van der Waals surface area contributed by atoms with E-state index >= 15 is 0 Å². The van der Waals surface area contributed by atoms with Gasteiger partial charge in [-0.25, -0.2) is 4.98 Å². The number of rotatable bonds is 5. The maximum Gasteiger partial charge on any atom is 0.137 e. The summed E-state index contributed by atoms with van der Waals surface area (Å²) in [5.74, 6) is 0.439. The Balaban J connectivity index is 1.98. The van der Waals surface area contributed by atoms with Crippen LogP contribution in [0.3, 0.4) is 0 Å². The van der Waals surface area contributed by atoms with Gasteiger partial charge in [0.2, 0.25) is 0 Å². The number of nitrogens with zero attached hydrogens (tertiary/aromatic N) is 5. The van der Waals surface area contributed by atoms with Gasteiger partial charge in [-0.3, -0.25) is 4.68 Å². The highest BCUT2D eigenvalue weighted by Gasteiger charge is 2.38. The highest BCUT2D eigenvalue weighted by atomic mass is 35.5. The van der Waals surface area contributed by atoms with Gasteiger partial charge in [-0.15, -0.1) is 0 Å². The molecule has 2 unspecified atom stereocenters. The average Bonchev–Trinajstić information content (AvgIpc) is 3.07. The summed E-state index contributed by atoms with van der Waals surface area (Å²) in [6.07, 6.45) is 6.13. The van der Waals surface area contributed by atoms with Crippen LogP contribution >= 0.6 is 23.2 Å². The van der Waals surface area contributed by atoms with Crippen molar-refractivity contribution in [1.82, 2.24) is 19.7 Å². The summed E-state index contributed by atoms with van der Waals surface area (Å²) in [7, 11) is 2.13. The minimum atomic E-state index is -0.766. The lowest BCUT2D eigenvalue weighted by Gasteiger charge is -2.36. The van der Waals surface area contributed by atoms with E-state index in [1.807, 2.05) is 6.07 Å². The third kappa shape index (κ3) is 4.14. The molecule has 132 valence electrons. The molecule has 2 heterocycles. The monoisotopic (exact) mass is 377 g/mol. The normalized spacial score (nSPS) is 20.8. The minimum absolute atomic E-state index is 0.422. The third-order valence-corrected chi connectivity index (χ3v) is 5.47. The van der Waals surface area contributed by atoms with Crippen LogP contribution in [0.4, 0.5) is 0 Å². The third-order valence-electron chi connectivity index (χ3n) is 4.92. The number of aromatic nitrogens is 3.